The molecule has 1 aliphatic rings. The molecule has 5 nitrogen and oxygen atoms in total. The SMILES string of the molecule is C1=C(c2nc(-c3ccccc3)cc(-c3ccccc3)n2)CCC(c2cccc3c4cccc(-c5ccc(-c6nc(-c7ccccc7)cc(-c7ccccc7)n6)cc5)c4n(-c4ccccc4)c23)=C1. The van der Waals surface area contributed by atoms with E-state index in [1.54, 1.807) is 0 Å². The highest BCUT2D eigenvalue weighted by atomic mass is 15.0. The van der Waals surface area contributed by atoms with Crippen molar-refractivity contribution in [2.75, 3.05) is 0 Å². The predicted octanol–water partition coefficient (Wildman–Crippen LogP) is 15.6. The minimum Gasteiger partial charge on any atom is -0.308 e. The van der Waals surface area contributed by atoms with Crippen LogP contribution in [-0.2, 0) is 0 Å². The zero-order chi connectivity index (χ0) is 44.5. The summed E-state index contributed by atoms with van der Waals surface area (Å²) in [6.45, 7) is 0. The summed E-state index contributed by atoms with van der Waals surface area (Å²) in [6, 6.07) is 78.6. The lowest BCUT2D eigenvalue weighted by Gasteiger charge is -2.18. The molecule has 5 heteroatoms. The molecule has 0 saturated heterocycles. The number of aromatic nitrogens is 5. The van der Waals surface area contributed by atoms with Crippen LogP contribution in [0.4, 0.5) is 0 Å². The van der Waals surface area contributed by atoms with Crippen molar-refractivity contribution in [3.8, 4) is 73.2 Å². The van der Waals surface area contributed by atoms with Crippen LogP contribution in [0.3, 0.4) is 0 Å². The monoisotopic (exact) mass is 857 g/mol. The summed E-state index contributed by atoms with van der Waals surface area (Å²) < 4.78 is 2.47. The summed E-state index contributed by atoms with van der Waals surface area (Å²) in [7, 11) is 0. The Labute approximate surface area is 389 Å². The molecule has 12 rings (SSSR count). The number of benzene rings is 8. The number of rotatable bonds is 9. The maximum Gasteiger partial charge on any atom is 0.160 e. The maximum atomic E-state index is 5.16. The van der Waals surface area contributed by atoms with E-state index in [4.69, 9.17) is 19.9 Å². The number of fused-ring (bicyclic) bond motifs is 3. The summed E-state index contributed by atoms with van der Waals surface area (Å²) in [5, 5.41) is 2.43. The first-order chi connectivity index (χ1) is 33.2. The minimum absolute atomic E-state index is 0.693. The van der Waals surface area contributed by atoms with Crippen molar-refractivity contribution in [1.82, 2.24) is 24.5 Å². The molecular weight excluding hydrogens is 815 g/mol. The average Bonchev–Trinajstić information content (AvgIpc) is 3.77. The van der Waals surface area contributed by atoms with E-state index in [9.17, 15) is 0 Å². The lowest BCUT2D eigenvalue weighted by Crippen LogP contribution is -2.03. The molecule has 0 spiro atoms. The van der Waals surface area contributed by atoms with Gasteiger partial charge in [0.25, 0.3) is 0 Å². The van der Waals surface area contributed by atoms with Gasteiger partial charge in [0.2, 0.25) is 0 Å². The molecule has 0 amide bonds. The molecule has 3 aromatic heterocycles. The second-order valence-corrected chi connectivity index (χ2v) is 16.9. The molecule has 0 N–H and O–H groups in total. The average molecular weight is 858 g/mol. The first kappa shape index (κ1) is 39.8. The molecule has 8 aromatic carbocycles. The van der Waals surface area contributed by atoms with Crippen LogP contribution in [0.1, 0.15) is 24.2 Å². The number of para-hydroxylation sites is 3. The third-order valence-corrected chi connectivity index (χ3v) is 12.8. The Morgan fingerprint density at radius 2 is 0.687 bits per heavy atom. The summed E-state index contributed by atoms with van der Waals surface area (Å²) in [6.07, 6.45) is 6.21. The quantitative estimate of drug-likeness (QED) is 0.145. The highest BCUT2D eigenvalue weighted by molar-refractivity contribution is 6.16. The third kappa shape index (κ3) is 7.62. The zero-order valence-electron chi connectivity index (χ0n) is 36.7. The lowest BCUT2D eigenvalue weighted by molar-refractivity contribution is 1.02. The third-order valence-electron chi connectivity index (χ3n) is 12.8. The van der Waals surface area contributed by atoms with Gasteiger partial charge in [-0.1, -0.05) is 212 Å². The van der Waals surface area contributed by atoms with Crippen LogP contribution in [0, 0.1) is 0 Å². The van der Waals surface area contributed by atoms with Crippen molar-refractivity contribution >= 4 is 33.0 Å². The van der Waals surface area contributed by atoms with Gasteiger partial charge < -0.3 is 4.57 Å². The van der Waals surface area contributed by atoms with Crippen LogP contribution < -0.4 is 0 Å². The number of hydrogen-bond donors (Lipinski definition) is 0. The van der Waals surface area contributed by atoms with Gasteiger partial charge in [-0.05, 0) is 53.8 Å². The van der Waals surface area contributed by atoms with Gasteiger partial charge in [-0.25, -0.2) is 19.9 Å². The molecule has 3 heterocycles. The van der Waals surface area contributed by atoms with E-state index < -0.39 is 0 Å². The Kier molecular flexibility index (Phi) is 10.3. The molecule has 316 valence electrons. The van der Waals surface area contributed by atoms with Crippen molar-refractivity contribution in [2.24, 2.45) is 0 Å². The number of nitrogens with zero attached hydrogens (tertiary/aromatic N) is 5. The summed E-state index contributed by atoms with van der Waals surface area (Å²) >= 11 is 0. The largest absolute Gasteiger partial charge is 0.308 e. The molecule has 0 aliphatic heterocycles. The van der Waals surface area contributed by atoms with E-state index in [0.29, 0.717) is 5.82 Å². The van der Waals surface area contributed by atoms with Crippen molar-refractivity contribution in [3.05, 3.63) is 248 Å². The summed E-state index contributed by atoms with van der Waals surface area (Å²) in [4.78, 5) is 20.5. The lowest BCUT2D eigenvalue weighted by atomic mass is 9.91. The summed E-state index contributed by atoms with van der Waals surface area (Å²) in [5.41, 5.74) is 18.3. The van der Waals surface area contributed by atoms with Crippen LogP contribution in [0.15, 0.2) is 237 Å². The Bertz CT molecular complexity index is 3520. The fourth-order valence-electron chi connectivity index (χ4n) is 9.48. The summed E-state index contributed by atoms with van der Waals surface area (Å²) in [5.74, 6) is 1.47. The second-order valence-electron chi connectivity index (χ2n) is 16.9. The van der Waals surface area contributed by atoms with Crippen molar-refractivity contribution < 1.29 is 0 Å². The molecule has 0 fully saturated rings. The Morgan fingerprint density at radius 1 is 0.299 bits per heavy atom. The molecule has 11 aromatic rings. The molecular formula is C62H43N5. The Hall–Kier alpha value is -8.80. The maximum absolute atomic E-state index is 5.16. The fourth-order valence-corrected chi connectivity index (χ4v) is 9.48. The first-order valence-corrected chi connectivity index (χ1v) is 22.8. The van der Waals surface area contributed by atoms with Crippen molar-refractivity contribution in [2.45, 2.75) is 12.8 Å². The van der Waals surface area contributed by atoms with Gasteiger partial charge in [0, 0.05) is 55.4 Å². The highest BCUT2D eigenvalue weighted by Crippen LogP contribution is 2.43. The van der Waals surface area contributed by atoms with Crippen molar-refractivity contribution in [1.29, 1.82) is 0 Å². The van der Waals surface area contributed by atoms with Crippen LogP contribution in [0.2, 0.25) is 0 Å². The second kappa shape index (κ2) is 17.3. The molecule has 0 bridgehead atoms. The number of allylic oxidation sites excluding steroid dienone is 4. The van der Waals surface area contributed by atoms with E-state index in [0.717, 1.165) is 91.6 Å². The molecule has 0 atom stereocenters. The first-order valence-electron chi connectivity index (χ1n) is 22.8. The normalized spacial score (nSPS) is 12.5. The smallest absolute Gasteiger partial charge is 0.160 e. The zero-order valence-corrected chi connectivity index (χ0v) is 36.7. The molecule has 1 aliphatic carbocycles. The van der Waals surface area contributed by atoms with Crippen LogP contribution in [-0.4, -0.2) is 24.5 Å². The predicted molar refractivity (Wildman–Crippen MR) is 276 cm³/mol. The van der Waals surface area contributed by atoms with Gasteiger partial charge in [-0.15, -0.1) is 0 Å². The van der Waals surface area contributed by atoms with Gasteiger partial charge in [0.05, 0.1) is 33.8 Å². The van der Waals surface area contributed by atoms with Gasteiger partial charge >= 0.3 is 0 Å². The number of hydrogen-bond acceptors (Lipinski definition) is 4. The van der Waals surface area contributed by atoms with E-state index in [2.05, 4.69) is 217 Å². The van der Waals surface area contributed by atoms with E-state index in [1.807, 2.05) is 24.3 Å². The minimum atomic E-state index is 0.693. The highest BCUT2D eigenvalue weighted by Gasteiger charge is 2.22. The van der Waals surface area contributed by atoms with E-state index >= 15 is 0 Å². The molecule has 0 radical (unpaired) electrons. The van der Waals surface area contributed by atoms with Gasteiger partial charge in [0.1, 0.15) is 0 Å². The van der Waals surface area contributed by atoms with Gasteiger partial charge in [-0.2, -0.15) is 0 Å². The van der Waals surface area contributed by atoms with Crippen LogP contribution in [0.5, 0.6) is 0 Å². The Morgan fingerprint density at radius 3 is 1.15 bits per heavy atom. The molecule has 67 heavy (non-hydrogen) atoms. The van der Waals surface area contributed by atoms with Crippen LogP contribution >= 0.6 is 0 Å². The molecule has 0 saturated carbocycles. The topological polar surface area (TPSA) is 56.5 Å². The fraction of sp³-hybridized carbons (Fsp3) is 0.0323. The Balaban J connectivity index is 0.965. The van der Waals surface area contributed by atoms with E-state index in [1.165, 1.54) is 32.9 Å². The van der Waals surface area contributed by atoms with Crippen LogP contribution in [0.25, 0.3) is 106 Å². The van der Waals surface area contributed by atoms with Gasteiger partial charge in [0.15, 0.2) is 11.6 Å². The molecule has 0 unspecified atom stereocenters. The van der Waals surface area contributed by atoms with Crippen molar-refractivity contribution in [3.63, 3.8) is 0 Å². The van der Waals surface area contributed by atoms with Gasteiger partial charge in [-0.3, -0.25) is 0 Å². The standard InChI is InChI=1S/C62H43N5/c1-6-18-44(19-7-1)55-40-56(45-20-8-2-9-21-45)64-61(63-55)48-36-32-42(33-37-48)51-28-16-30-53-54-31-17-29-52(60(54)67(59(51)53)50-26-14-5-15-27-50)43-34-38-49(39-35-43)62-65-57(46-22-10-3-11-23-46)41-58(66-62)47-24-12-4-13-25-47/h1-34,36-38,40-41H,35,39H2. The van der Waals surface area contributed by atoms with E-state index in [-0.39, 0.29) is 0 Å².